The number of rotatable bonds is 5. The van der Waals surface area contributed by atoms with Crippen LogP contribution in [0.2, 0.25) is 0 Å². The van der Waals surface area contributed by atoms with Gasteiger partial charge in [-0.05, 0) is 27.2 Å². The van der Waals surface area contributed by atoms with Gasteiger partial charge in [0, 0.05) is 12.3 Å². The van der Waals surface area contributed by atoms with E-state index >= 15 is 0 Å². The number of hydrogen-bond acceptors (Lipinski definition) is 4. The molecule has 1 N–H and O–H groups in total. The molecular formula is C12H22N2O4S. The molecule has 0 bridgehead atoms. The van der Waals surface area contributed by atoms with Crippen LogP contribution in [0.15, 0.2) is 0 Å². The normalized spacial score (nSPS) is 23.4. The van der Waals surface area contributed by atoms with Crippen LogP contribution in [0.1, 0.15) is 34.1 Å². The SMILES string of the molecule is CCCS(=O)(=O)CCN1C(=O)C(C)NC(=O)C1(C)C. The molecule has 0 aliphatic carbocycles. The van der Waals surface area contributed by atoms with Gasteiger partial charge in [0.15, 0.2) is 9.84 Å². The van der Waals surface area contributed by atoms with E-state index in [1.165, 1.54) is 4.90 Å². The summed E-state index contributed by atoms with van der Waals surface area (Å²) in [6.07, 6.45) is 0.552. The Morgan fingerprint density at radius 3 is 2.37 bits per heavy atom. The number of sulfone groups is 1. The zero-order chi connectivity index (χ0) is 14.8. The van der Waals surface area contributed by atoms with Gasteiger partial charge in [0.1, 0.15) is 11.6 Å². The summed E-state index contributed by atoms with van der Waals surface area (Å²) >= 11 is 0. The molecule has 0 aromatic rings. The fourth-order valence-electron chi connectivity index (χ4n) is 2.10. The lowest BCUT2D eigenvalue weighted by atomic mass is 9.96. The van der Waals surface area contributed by atoms with Crippen molar-refractivity contribution in [1.29, 1.82) is 0 Å². The van der Waals surface area contributed by atoms with E-state index in [9.17, 15) is 18.0 Å². The van der Waals surface area contributed by atoms with Gasteiger partial charge in [-0.3, -0.25) is 9.59 Å². The lowest BCUT2D eigenvalue weighted by Crippen LogP contribution is -2.68. The van der Waals surface area contributed by atoms with Crippen molar-refractivity contribution in [2.75, 3.05) is 18.1 Å². The first-order chi connectivity index (χ1) is 8.62. The fourth-order valence-corrected chi connectivity index (χ4v) is 3.39. The zero-order valence-corrected chi connectivity index (χ0v) is 12.7. The number of carbonyl (C=O) groups excluding carboxylic acids is 2. The smallest absolute Gasteiger partial charge is 0.246 e. The standard InChI is InChI=1S/C12H22N2O4S/c1-5-7-19(17,18)8-6-14-10(15)9(2)13-11(16)12(14,3)4/h9H,5-8H2,1-4H3,(H,13,16). The van der Waals surface area contributed by atoms with Crippen molar-refractivity contribution in [1.82, 2.24) is 10.2 Å². The molecule has 1 aliphatic heterocycles. The average molecular weight is 290 g/mol. The molecule has 1 fully saturated rings. The molecule has 1 heterocycles. The predicted molar refractivity (Wildman–Crippen MR) is 72.3 cm³/mol. The third-order valence-corrected chi connectivity index (χ3v) is 5.19. The Hall–Kier alpha value is -1.11. The van der Waals surface area contributed by atoms with Crippen LogP contribution >= 0.6 is 0 Å². The summed E-state index contributed by atoms with van der Waals surface area (Å²) in [5.74, 6) is -0.489. The topological polar surface area (TPSA) is 83.6 Å². The minimum atomic E-state index is -3.17. The van der Waals surface area contributed by atoms with E-state index in [4.69, 9.17) is 0 Å². The van der Waals surface area contributed by atoms with Gasteiger partial charge in [-0.2, -0.15) is 0 Å². The Morgan fingerprint density at radius 1 is 1.26 bits per heavy atom. The summed E-state index contributed by atoms with van der Waals surface area (Å²) in [4.78, 5) is 25.3. The highest BCUT2D eigenvalue weighted by molar-refractivity contribution is 7.91. The van der Waals surface area contributed by atoms with E-state index in [0.717, 1.165) is 0 Å². The van der Waals surface area contributed by atoms with Crippen LogP contribution in [0.4, 0.5) is 0 Å². The van der Waals surface area contributed by atoms with Crippen molar-refractivity contribution in [3.05, 3.63) is 0 Å². The summed E-state index contributed by atoms with van der Waals surface area (Å²) < 4.78 is 23.4. The van der Waals surface area contributed by atoms with E-state index in [2.05, 4.69) is 5.32 Å². The average Bonchev–Trinajstić information content (AvgIpc) is 2.26. The maximum atomic E-state index is 12.1. The van der Waals surface area contributed by atoms with E-state index in [1.807, 2.05) is 0 Å². The van der Waals surface area contributed by atoms with E-state index in [1.54, 1.807) is 27.7 Å². The lowest BCUT2D eigenvalue weighted by Gasteiger charge is -2.43. The summed E-state index contributed by atoms with van der Waals surface area (Å²) in [7, 11) is -3.17. The number of amides is 2. The Labute approximate surface area is 114 Å². The minimum Gasteiger partial charge on any atom is -0.343 e. The van der Waals surface area contributed by atoms with E-state index < -0.39 is 21.4 Å². The Morgan fingerprint density at radius 2 is 1.84 bits per heavy atom. The van der Waals surface area contributed by atoms with Crippen molar-refractivity contribution in [3.63, 3.8) is 0 Å². The van der Waals surface area contributed by atoms with Crippen LogP contribution in [0.3, 0.4) is 0 Å². The first-order valence-corrected chi connectivity index (χ1v) is 8.27. The van der Waals surface area contributed by atoms with Gasteiger partial charge in [0.25, 0.3) is 0 Å². The fraction of sp³-hybridized carbons (Fsp3) is 0.833. The first kappa shape index (κ1) is 15.9. The van der Waals surface area contributed by atoms with Crippen LogP contribution in [-0.4, -0.2) is 54.8 Å². The van der Waals surface area contributed by atoms with Gasteiger partial charge in [0.05, 0.1) is 5.75 Å². The second-order valence-corrected chi connectivity index (χ2v) is 7.70. The molecule has 0 aromatic heterocycles. The van der Waals surface area contributed by atoms with Gasteiger partial charge >= 0.3 is 0 Å². The molecule has 19 heavy (non-hydrogen) atoms. The highest BCUT2D eigenvalue weighted by Gasteiger charge is 2.44. The van der Waals surface area contributed by atoms with Crippen molar-refractivity contribution < 1.29 is 18.0 Å². The van der Waals surface area contributed by atoms with Gasteiger partial charge in [0.2, 0.25) is 11.8 Å². The summed E-state index contributed by atoms with van der Waals surface area (Å²) in [5, 5.41) is 2.59. The molecule has 7 heteroatoms. The second kappa shape index (κ2) is 5.48. The molecule has 1 unspecified atom stereocenters. The number of nitrogens with zero attached hydrogens (tertiary/aromatic N) is 1. The third-order valence-electron chi connectivity index (χ3n) is 3.36. The summed E-state index contributed by atoms with van der Waals surface area (Å²) in [5.41, 5.74) is -1.01. The van der Waals surface area contributed by atoms with Gasteiger partial charge in [-0.15, -0.1) is 0 Å². The molecule has 0 saturated carbocycles. The highest BCUT2D eigenvalue weighted by Crippen LogP contribution is 2.20. The number of piperazine rings is 1. The van der Waals surface area contributed by atoms with Gasteiger partial charge < -0.3 is 10.2 Å². The van der Waals surface area contributed by atoms with E-state index in [0.29, 0.717) is 6.42 Å². The van der Waals surface area contributed by atoms with E-state index in [-0.39, 0.29) is 29.9 Å². The number of hydrogen-bond donors (Lipinski definition) is 1. The van der Waals surface area contributed by atoms with Crippen molar-refractivity contribution in [2.45, 2.75) is 45.7 Å². The van der Waals surface area contributed by atoms with Crippen LogP contribution in [-0.2, 0) is 19.4 Å². The molecule has 1 aliphatic rings. The molecule has 1 saturated heterocycles. The van der Waals surface area contributed by atoms with Crippen LogP contribution in [0, 0.1) is 0 Å². The largest absolute Gasteiger partial charge is 0.343 e. The maximum Gasteiger partial charge on any atom is 0.246 e. The molecule has 2 amide bonds. The monoisotopic (exact) mass is 290 g/mol. The lowest BCUT2D eigenvalue weighted by molar-refractivity contribution is -0.154. The minimum absolute atomic E-state index is 0.0614. The maximum absolute atomic E-state index is 12.1. The highest BCUT2D eigenvalue weighted by atomic mass is 32.2. The van der Waals surface area contributed by atoms with Crippen LogP contribution in [0.5, 0.6) is 0 Å². The first-order valence-electron chi connectivity index (χ1n) is 6.44. The molecular weight excluding hydrogens is 268 g/mol. The summed E-state index contributed by atoms with van der Waals surface area (Å²) in [6, 6.07) is -0.602. The Bertz CT molecular complexity index is 470. The molecule has 1 atom stereocenters. The second-order valence-electron chi connectivity index (χ2n) is 5.40. The zero-order valence-electron chi connectivity index (χ0n) is 11.9. The van der Waals surface area contributed by atoms with Crippen molar-refractivity contribution in [2.24, 2.45) is 0 Å². The number of nitrogens with one attached hydrogen (secondary N) is 1. The van der Waals surface area contributed by atoms with Gasteiger partial charge in [-0.1, -0.05) is 6.92 Å². The molecule has 0 spiro atoms. The Kier molecular flexibility index (Phi) is 4.60. The Balaban J connectivity index is 2.84. The molecule has 110 valence electrons. The van der Waals surface area contributed by atoms with Crippen molar-refractivity contribution >= 4 is 21.7 Å². The van der Waals surface area contributed by atoms with Gasteiger partial charge in [-0.25, -0.2) is 8.42 Å². The third kappa shape index (κ3) is 3.46. The van der Waals surface area contributed by atoms with Crippen molar-refractivity contribution in [3.8, 4) is 0 Å². The molecule has 0 aromatic carbocycles. The summed E-state index contributed by atoms with van der Waals surface area (Å²) in [6.45, 7) is 6.70. The predicted octanol–water partition coefficient (Wildman–Crippen LogP) is -0.0633. The van der Waals surface area contributed by atoms with Crippen LogP contribution in [0.25, 0.3) is 0 Å². The quantitative estimate of drug-likeness (QED) is 0.768. The van der Waals surface area contributed by atoms with Crippen LogP contribution < -0.4 is 5.32 Å². The molecule has 6 nitrogen and oxygen atoms in total. The number of carbonyl (C=O) groups is 2. The molecule has 0 radical (unpaired) electrons. The molecule has 1 rings (SSSR count).